The summed E-state index contributed by atoms with van der Waals surface area (Å²) >= 11 is 0. The number of azo groups is 1. The summed E-state index contributed by atoms with van der Waals surface area (Å²) in [6.07, 6.45) is 0. The molecule has 0 saturated carbocycles. The summed E-state index contributed by atoms with van der Waals surface area (Å²) in [7, 11) is 0. The van der Waals surface area contributed by atoms with Crippen molar-refractivity contribution in [2.24, 2.45) is 10.2 Å². The van der Waals surface area contributed by atoms with E-state index in [0.29, 0.717) is 17.1 Å². The van der Waals surface area contributed by atoms with Crippen molar-refractivity contribution in [2.75, 3.05) is 0 Å². The average molecular weight is 311 g/mol. The topological polar surface area (TPSA) is 91.0 Å². The van der Waals surface area contributed by atoms with Crippen LogP contribution in [0.3, 0.4) is 0 Å². The Morgan fingerprint density at radius 3 is 2.57 bits per heavy atom. The van der Waals surface area contributed by atoms with Gasteiger partial charge in [0.1, 0.15) is 11.5 Å². The molecule has 1 amide bonds. The minimum atomic E-state index is -0.502. The normalized spacial score (nSPS) is 11.7. The second-order valence-electron chi connectivity index (χ2n) is 5.66. The van der Waals surface area contributed by atoms with Crippen LogP contribution < -0.4 is 0 Å². The number of carbonyl (C=O) groups is 1. The lowest BCUT2D eigenvalue weighted by Crippen LogP contribution is -1.93. The van der Waals surface area contributed by atoms with E-state index in [1.54, 1.807) is 19.9 Å². The predicted molar refractivity (Wildman–Crippen MR) is 86.5 cm³/mol. The monoisotopic (exact) mass is 311 g/mol. The maximum Gasteiger partial charge on any atom is 0.298 e. The SMILES string of the molecule is Cc1cc(C)c2[nH]c(O)c(N=NC(=O)c3cc(C)oc3C)c2c1. The van der Waals surface area contributed by atoms with Gasteiger partial charge < -0.3 is 14.5 Å². The number of aromatic nitrogens is 1. The number of aromatic hydroxyl groups is 1. The highest BCUT2D eigenvalue weighted by Gasteiger charge is 2.16. The van der Waals surface area contributed by atoms with Crippen LogP contribution in [0.4, 0.5) is 5.69 Å². The predicted octanol–water partition coefficient (Wildman–Crippen LogP) is 4.62. The van der Waals surface area contributed by atoms with Crippen LogP contribution in [0.5, 0.6) is 5.88 Å². The van der Waals surface area contributed by atoms with Crippen molar-refractivity contribution in [2.45, 2.75) is 27.7 Å². The van der Waals surface area contributed by atoms with Crippen LogP contribution in [0.25, 0.3) is 10.9 Å². The fraction of sp³-hybridized carbons (Fsp3) is 0.235. The van der Waals surface area contributed by atoms with E-state index in [-0.39, 0.29) is 11.6 Å². The molecule has 23 heavy (non-hydrogen) atoms. The number of H-pyrrole nitrogens is 1. The van der Waals surface area contributed by atoms with Crippen LogP contribution in [0.2, 0.25) is 0 Å². The van der Waals surface area contributed by atoms with Crippen molar-refractivity contribution >= 4 is 22.5 Å². The molecule has 0 unspecified atom stereocenters. The minimum absolute atomic E-state index is 0.106. The van der Waals surface area contributed by atoms with E-state index in [9.17, 15) is 9.90 Å². The first-order valence-corrected chi connectivity index (χ1v) is 7.22. The fourth-order valence-electron chi connectivity index (χ4n) is 2.72. The molecule has 1 aromatic carbocycles. The molecular formula is C17H17N3O3. The molecular weight excluding hydrogens is 294 g/mol. The van der Waals surface area contributed by atoms with Gasteiger partial charge in [0, 0.05) is 5.39 Å². The lowest BCUT2D eigenvalue weighted by atomic mass is 10.1. The van der Waals surface area contributed by atoms with Gasteiger partial charge in [-0.15, -0.1) is 10.2 Å². The number of amides is 1. The summed E-state index contributed by atoms with van der Waals surface area (Å²) in [4.78, 5) is 15.0. The molecule has 0 aliphatic carbocycles. The average Bonchev–Trinajstić information content (AvgIpc) is 2.96. The lowest BCUT2D eigenvalue weighted by Gasteiger charge is -1.98. The fourth-order valence-corrected chi connectivity index (χ4v) is 2.72. The van der Waals surface area contributed by atoms with E-state index in [1.165, 1.54) is 0 Å². The smallest absolute Gasteiger partial charge is 0.298 e. The van der Waals surface area contributed by atoms with Gasteiger partial charge in [0.15, 0.2) is 5.69 Å². The van der Waals surface area contributed by atoms with Crippen molar-refractivity contribution in [1.29, 1.82) is 0 Å². The molecule has 0 fully saturated rings. The van der Waals surface area contributed by atoms with Gasteiger partial charge in [-0.05, 0) is 45.4 Å². The third-order valence-electron chi connectivity index (χ3n) is 3.71. The molecule has 3 rings (SSSR count). The summed E-state index contributed by atoms with van der Waals surface area (Å²) in [6, 6.07) is 5.52. The molecule has 0 spiro atoms. The quantitative estimate of drug-likeness (QED) is 0.676. The van der Waals surface area contributed by atoms with Gasteiger partial charge in [-0.1, -0.05) is 11.6 Å². The highest BCUT2D eigenvalue weighted by Crippen LogP contribution is 2.37. The number of hydrogen-bond donors (Lipinski definition) is 2. The highest BCUT2D eigenvalue weighted by molar-refractivity contribution is 5.98. The summed E-state index contributed by atoms with van der Waals surface area (Å²) in [6.45, 7) is 7.36. The number of nitrogens with one attached hydrogen (secondary N) is 1. The van der Waals surface area contributed by atoms with Gasteiger partial charge in [-0.2, -0.15) is 0 Å². The first-order valence-electron chi connectivity index (χ1n) is 7.22. The van der Waals surface area contributed by atoms with E-state index in [1.807, 2.05) is 26.0 Å². The van der Waals surface area contributed by atoms with E-state index in [4.69, 9.17) is 4.42 Å². The maximum atomic E-state index is 12.1. The number of furan rings is 1. The zero-order valence-corrected chi connectivity index (χ0v) is 13.4. The van der Waals surface area contributed by atoms with E-state index in [0.717, 1.165) is 22.0 Å². The number of rotatable bonds is 2. The molecule has 0 saturated heterocycles. The van der Waals surface area contributed by atoms with Gasteiger partial charge in [-0.3, -0.25) is 4.79 Å². The number of benzene rings is 1. The zero-order chi connectivity index (χ0) is 16.7. The van der Waals surface area contributed by atoms with Gasteiger partial charge in [0.25, 0.3) is 5.91 Å². The molecule has 0 radical (unpaired) electrons. The van der Waals surface area contributed by atoms with Crippen LogP contribution in [0.15, 0.2) is 32.8 Å². The number of carbonyl (C=O) groups excluding carboxylic acids is 1. The van der Waals surface area contributed by atoms with Crippen molar-refractivity contribution in [1.82, 2.24) is 4.98 Å². The third kappa shape index (κ3) is 2.63. The van der Waals surface area contributed by atoms with Gasteiger partial charge in [0.2, 0.25) is 5.88 Å². The Morgan fingerprint density at radius 1 is 1.17 bits per heavy atom. The summed E-state index contributed by atoms with van der Waals surface area (Å²) in [5.41, 5.74) is 3.45. The van der Waals surface area contributed by atoms with Crippen LogP contribution in [0.1, 0.15) is 33.0 Å². The second-order valence-corrected chi connectivity index (χ2v) is 5.66. The van der Waals surface area contributed by atoms with Crippen molar-refractivity contribution < 1.29 is 14.3 Å². The Kier molecular flexibility index (Phi) is 3.52. The van der Waals surface area contributed by atoms with Crippen molar-refractivity contribution in [3.63, 3.8) is 0 Å². The molecule has 3 aromatic rings. The van der Waals surface area contributed by atoms with Gasteiger partial charge in [-0.25, -0.2) is 0 Å². The van der Waals surface area contributed by atoms with E-state index in [2.05, 4.69) is 15.2 Å². The number of aryl methyl sites for hydroxylation is 4. The second kappa shape index (κ2) is 5.39. The summed E-state index contributed by atoms with van der Waals surface area (Å²) in [5.74, 6) is 0.534. The Balaban J connectivity index is 2.03. The first-order chi connectivity index (χ1) is 10.9. The standard InChI is InChI=1S/C17H17N3O3/c1-8-5-9(2)14-13(6-8)15(17(22)18-14)19-20-16(21)12-7-10(3)23-11(12)4/h5-7,18,22H,1-4H3. The Bertz CT molecular complexity index is 948. The Hall–Kier alpha value is -2.89. The lowest BCUT2D eigenvalue weighted by molar-refractivity contribution is 0.0993. The Morgan fingerprint density at radius 2 is 1.91 bits per heavy atom. The summed E-state index contributed by atoms with van der Waals surface area (Å²) in [5, 5.41) is 18.5. The highest BCUT2D eigenvalue weighted by atomic mass is 16.3. The molecule has 6 nitrogen and oxygen atoms in total. The molecule has 2 heterocycles. The molecule has 0 bridgehead atoms. The van der Waals surface area contributed by atoms with Gasteiger partial charge in [0.05, 0.1) is 11.1 Å². The largest absolute Gasteiger partial charge is 0.493 e. The van der Waals surface area contributed by atoms with E-state index < -0.39 is 5.91 Å². The van der Waals surface area contributed by atoms with Crippen molar-refractivity contribution in [3.8, 4) is 5.88 Å². The first kappa shape index (κ1) is 15.0. The third-order valence-corrected chi connectivity index (χ3v) is 3.71. The number of aromatic amines is 1. The van der Waals surface area contributed by atoms with E-state index >= 15 is 0 Å². The van der Waals surface area contributed by atoms with Crippen LogP contribution >= 0.6 is 0 Å². The zero-order valence-electron chi connectivity index (χ0n) is 13.4. The van der Waals surface area contributed by atoms with Crippen LogP contribution in [-0.4, -0.2) is 16.0 Å². The van der Waals surface area contributed by atoms with Crippen LogP contribution in [0, 0.1) is 27.7 Å². The molecule has 6 heteroatoms. The molecule has 118 valence electrons. The number of fused-ring (bicyclic) bond motifs is 1. The number of nitrogens with zero attached hydrogens (tertiary/aromatic N) is 2. The molecule has 2 N–H and O–H groups in total. The maximum absolute atomic E-state index is 12.1. The number of hydrogen-bond acceptors (Lipinski definition) is 4. The summed E-state index contributed by atoms with van der Waals surface area (Å²) < 4.78 is 5.32. The van der Waals surface area contributed by atoms with Crippen LogP contribution in [-0.2, 0) is 0 Å². The molecule has 0 atom stereocenters. The molecule has 0 aliphatic rings. The minimum Gasteiger partial charge on any atom is -0.493 e. The van der Waals surface area contributed by atoms with Crippen molar-refractivity contribution in [3.05, 3.63) is 46.4 Å². The molecule has 2 aromatic heterocycles. The Labute approximate surface area is 132 Å². The van der Waals surface area contributed by atoms with Gasteiger partial charge >= 0.3 is 0 Å². The molecule has 0 aliphatic heterocycles.